The zero-order valence-electron chi connectivity index (χ0n) is 14.2. The first-order valence-corrected chi connectivity index (χ1v) is 9.28. The highest BCUT2D eigenvalue weighted by Gasteiger charge is 2.17. The number of carbonyl (C=O) groups is 1. The molecule has 2 amide bonds. The van der Waals surface area contributed by atoms with Crippen molar-refractivity contribution in [2.75, 3.05) is 32.8 Å². The van der Waals surface area contributed by atoms with E-state index in [1.165, 1.54) is 10.4 Å². The SMILES string of the molecule is CC(C)(CO)CCCNC(=O)NCCN1CCc2sccc2C1. The molecule has 0 fully saturated rings. The van der Waals surface area contributed by atoms with Crippen molar-refractivity contribution in [2.45, 2.75) is 39.7 Å². The second-order valence-corrected chi connectivity index (χ2v) is 8.00. The van der Waals surface area contributed by atoms with Gasteiger partial charge in [0.25, 0.3) is 0 Å². The molecule has 1 aromatic heterocycles. The number of aliphatic hydroxyl groups is 1. The van der Waals surface area contributed by atoms with Crippen LogP contribution in [0.3, 0.4) is 0 Å². The molecule has 130 valence electrons. The van der Waals surface area contributed by atoms with E-state index in [-0.39, 0.29) is 18.1 Å². The quantitative estimate of drug-likeness (QED) is 0.636. The molecule has 0 aliphatic carbocycles. The monoisotopic (exact) mass is 339 g/mol. The number of hydrogen-bond donors (Lipinski definition) is 3. The predicted molar refractivity (Wildman–Crippen MR) is 94.8 cm³/mol. The lowest BCUT2D eigenvalue weighted by Crippen LogP contribution is -2.41. The number of amides is 2. The minimum atomic E-state index is -0.0972. The Labute approximate surface area is 143 Å². The molecule has 0 saturated heterocycles. The van der Waals surface area contributed by atoms with Gasteiger partial charge in [0.2, 0.25) is 0 Å². The highest BCUT2D eigenvalue weighted by Crippen LogP contribution is 2.23. The number of urea groups is 1. The van der Waals surface area contributed by atoms with Crippen molar-refractivity contribution in [2.24, 2.45) is 5.41 Å². The van der Waals surface area contributed by atoms with Crippen molar-refractivity contribution < 1.29 is 9.90 Å². The number of carbonyl (C=O) groups excluding carboxylic acids is 1. The number of aliphatic hydroxyl groups excluding tert-OH is 1. The second-order valence-electron chi connectivity index (χ2n) is 7.00. The number of thiophene rings is 1. The van der Waals surface area contributed by atoms with Gasteiger partial charge in [-0.2, -0.15) is 0 Å². The topological polar surface area (TPSA) is 64.6 Å². The molecule has 0 atom stereocenters. The highest BCUT2D eigenvalue weighted by atomic mass is 32.1. The molecule has 6 heteroatoms. The van der Waals surface area contributed by atoms with Crippen LogP contribution in [0.5, 0.6) is 0 Å². The molecule has 2 rings (SSSR count). The second kappa shape index (κ2) is 8.66. The number of nitrogens with zero attached hydrogens (tertiary/aromatic N) is 1. The van der Waals surface area contributed by atoms with Crippen LogP contribution in [0, 0.1) is 5.41 Å². The lowest BCUT2D eigenvalue weighted by atomic mass is 9.89. The van der Waals surface area contributed by atoms with Crippen molar-refractivity contribution in [1.29, 1.82) is 0 Å². The van der Waals surface area contributed by atoms with Crippen LogP contribution in [0.2, 0.25) is 0 Å². The van der Waals surface area contributed by atoms with E-state index in [1.807, 2.05) is 25.2 Å². The molecule has 1 aliphatic heterocycles. The fourth-order valence-electron chi connectivity index (χ4n) is 2.74. The molecule has 0 saturated carbocycles. The van der Waals surface area contributed by atoms with Crippen molar-refractivity contribution in [3.05, 3.63) is 21.9 Å². The molecule has 0 spiro atoms. The van der Waals surface area contributed by atoms with Gasteiger partial charge in [0, 0.05) is 44.2 Å². The maximum Gasteiger partial charge on any atom is 0.314 e. The molecule has 0 unspecified atom stereocenters. The summed E-state index contributed by atoms with van der Waals surface area (Å²) in [6.07, 6.45) is 2.91. The smallest absolute Gasteiger partial charge is 0.314 e. The molecule has 0 aromatic carbocycles. The van der Waals surface area contributed by atoms with Crippen LogP contribution in [0.25, 0.3) is 0 Å². The molecule has 23 heavy (non-hydrogen) atoms. The van der Waals surface area contributed by atoms with Crippen LogP contribution in [-0.2, 0) is 13.0 Å². The van der Waals surface area contributed by atoms with Crippen LogP contribution < -0.4 is 10.6 Å². The summed E-state index contributed by atoms with van der Waals surface area (Å²) in [5.41, 5.74) is 1.38. The number of nitrogens with one attached hydrogen (secondary N) is 2. The van der Waals surface area contributed by atoms with E-state index >= 15 is 0 Å². The first-order chi connectivity index (χ1) is 11.0. The molecule has 5 nitrogen and oxygen atoms in total. The molecule has 2 heterocycles. The summed E-state index contributed by atoms with van der Waals surface area (Å²) >= 11 is 1.85. The van der Waals surface area contributed by atoms with Gasteiger partial charge in [-0.3, -0.25) is 4.90 Å². The van der Waals surface area contributed by atoms with Gasteiger partial charge in [-0.15, -0.1) is 11.3 Å². The first-order valence-electron chi connectivity index (χ1n) is 8.40. The maximum atomic E-state index is 11.7. The van der Waals surface area contributed by atoms with Gasteiger partial charge in [-0.25, -0.2) is 4.79 Å². The minimum absolute atomic E-state index is 0.0626. The summed E-state index contributed by atoms with van der Waals surface area (Å²) in [5.74, 6) is 0. The summed E-state index contributed by atoms with van der Waals surface area (Å²) in [6.45, 7) is 8.53. The third-order valence-electron chi connectivity index (χ3n) is 4.34. The summed E-state index contributed by atoms with van der Waals surface area (Å²) in [6, 6.07) is 2.11. The first kappa shape index (κ1) is 18.2. The largest absolute Gasteiger partial charge is 0.396 e. The number of fused-ring (bicyclic) bond motifs is 1. The Balaban J connectivity index is 1.54. The zero-order chi connectivity index (χ0) is 16.7. The van der Waals surface area contributed by atoms with E-state index in [0.717, 1.165) is 38.9 Å². The third kappa shape index (κ3) is 6.12. The summed E-state index contributed by atoms with van der Waals surface area (Å²) in [5, 5.41) is 17.2. The molecule has 3 N–H and O–H groups in total. The average Bonchev–Trinajstić information content (AvgIpc) is 2.99. The Morgan fingerprint density at radius 1 is 1.39 bits per heavy atom. The van der Waals surface area contributed by atoms with Crippen LogP contribution in [-0.4, -0.2) is 48.8 Å². The lowest BCUT2D eigenvalue weighted by Gasteiger charge is -2.26. The number of rotatable bonds is 8. The minimum Gasteiger partial charge on any atom is -0.396 e. The predicted octanol–water partition coefficient (Wildman–Crippen LogP) is 2.20. The Bertz CT molecular complexity index is 502. The van der Waals surface area contributed by atoms with E-state index < -0.39 is 0 Å². The van der Waals surface area contributed by atoms with Gasteiger partial charge < -0.3 is 15.7 Å². The van der Waals surface area contributed by atoms with Crippen molar-refractivity contribution in [3.63, 3.8) is 0 Å². The fraction of sp³-hybridized carbons (Fsp3) is 0.706. The Kier molecular flexibility index (Phi) is 6.87. The van der Waals surface area contributed by atoms with Gasteiger partial charge in [0.15, 0.2) is 0 Å². The maximum absolute atomic E-state index is 11.7. The molecular weight excluding hydrogens is 310 g/mol. The fourth-order valence-corrected chi connectivity index (χ4v) is 3.63. The van der Waals surface area contributed by atoms with Crippen LogP contribution in [0.1, 0.15) is 37.1 Å². The van der Waals surface area contributed by atoms with E-state index in [1.54, 1.807) is 0 Å². The van der Waals surface area contributed by atoms with E-state index in [9.17, 15) is 9.90 Å². The Hall–Kier alpha value is -1.11. The van der Waals surface area contributed by atoms with Crippen LogP contribution >= 0.6 is 11.3 Å². The molecule has 1 aliphatic rings. The lowest BCUT2D eigenvalue weighted by molar-refractivity contribution is 0.148. The number of hydrogen-bond acceptors (Lipinski definition) is 4. The van der Waals surface area contributed by atoms with E-state index in [0.29, 0.717) is 13.1 Å². The van der Waals surface area contributed by atoms with Crippen molar-refractivity contribution in [3.8, 4) is 0 Å². The Morgan fingerprint density at radius 2 is 2.17 bits per heavy atom. The molecule has 1 aromatic rings. The van der Waals surface area contributed by atoms with Crippen LogP contribution in [0.15, 0.2) is 11.4 Å². The van der Waals surface area contributed by atoms with Crippen molar-refractivity contribution in [1.82, 2.24) is 15.5 Å². The summed E-state index contributed by atoms with van der Waals surface area (Å²) < 4.78 is 0. The Morgan fingerprint density at radius 3 is 2.96 bits per heavy atom. The van der Waals surface area contributed by atoms with Crippen LogP contribution in [0.4, 0.5) is 4.79 Å². The van der Waals surface area contributed by atoms with Gasteiger partial charge in [-0.1, -0.05) is 13.8 Å². The summed E-state index contributed by atoms with van der Waals surface area (Å²) in [7, 11) is 0. The third-order valence-corrected chi connectivity index (χ3v) is 5.37. The van der Waals surface area contributed by atoms with Crippen molar-refractivity contribution >= 4 is 17.4 Å². The zero-order valence-corrected chi connectivity index (χ0v) is 15.0. The summed E-state index contributed by atoms with van der Waals surface area (Å²) in [4.78, 5) is 15.6. The van der Waals surface area contributed by atoms with Gasteiger partial charge in [0.1, 0.15) is 0 Å². The van der Waals surface area contributed by atoms with E-state index in [4.69, 9.17) is 0 Å². The average molecular weight is 340 g/mol. The normalized spacial score (nSPS) is 15.3. The standard InChI is InChI=1S/C17H29N3O2S/c1-17(2,13-21)6-3-7-18-16(22)19-8-10-20-9-4-15-14(12-20)5-11-23-15/h5,11,21H,3-4,6-10,12-13H2,1-2H3,(H2,18,19,22). The van der Waals surface area contributed by atoms with E-state index in [2.05, 4.69) is 27.0 Å². The highest BCUT2D eigenvalue weighted by molar-refractivity contribution is 7.10. The molecular formula is C17H29N3O2S. The molecule has 0 radical (unpaired) electrons. The van der Waals surface area contributed by atoms with Gasteiger partial charge in [-0.05, 0) is 41.7 Å². The van der Waals surface area contributed by atoms with Gasteiger partial charge >= 0.3 is 6.03 Å². The van der Waals surface area contributed by atoms with Gasteiger partial charge in [0.05, 0.1) is 0 Å². The molecule has 0 bridgehead atoms.